The minimum atomic E-state index is -0.520. The molecule has 190 valence electrons. The zero-order valence-corrected chi connectivity index (χ0v) is 20.8. The van der Waals surface area contributed by atoms with Crippen LogP contribution in [-0.2, 0) is 14.2 Å². The average Bonchev–Trinajstić information content (AvgIpc) is 3.49. The maximum atomic E-state index is 11.8. The van der Waals surface area contributed by atoms with Crippen molar-refractivity contribution in [3.05, 3.63) is 77.5 Å². The largest absolute Gasteiger partial charge is 0.474 e. The molecular weight excluding hydrogens is 456 g/mol. The number of epoxide rings is 1. The van der Waals surface area contributed by atoms with Gasteiger partial charge in [-0.05, 0) is 13.8 Å². The van der Waals surface area contributed by atoms with Gasteiger partial charge in [0, 0.05) is 47.2 Å². The van der Waals surface area contributed by atoms with E-state index in [1.807, 2.05) is 20.8 Å². The zero-order valence-electron chi connectivity index (χ0n) is 20.8. The van der Waals surface area contributed by atoms with Crippen LogP contribution >= 0.6 is 0 Å². The van der Waals surface area contributed by atoms with Crippen molar-refractivity contribution in [2.24, 2.45) is 23.7 Å². The van der Waals surface area contributed by atoms with Gasteiger partial charge < -0.3 is 14.2 Å². The minimum Gasteiger partial charge on any atom is -0.474 e. The highest BCUT2D eigenvalue weighted by atomic mass is 16.8. The van der Waals surface area contributed by atoms with E-state index in [4.69, 9.17) is 14.2 Å². The quantitative estimate of drug-likeness (QED) is 0.611. The Morgan fingerprint density at radius 1 is 0.886 bits per heavy atom. The third-order valence-electron chi connectivity index (χ3n) is 7.54. The summed E-state index contributed by atoms with van der Waals surface area (Å²) in [6, 6.07) is 0. The summed E-state index contributed by atoms with van der Waals surface area (Å²) in [4.78, 5) is 50.8. The molecule has 0 bridgehead atoms. The van der Waals surface area contributed by atoms with Gasteiger partial charge in [-0.25, -0.2) is 9.59 Å². The molecule has 0 saturated carbocycles. The Morgan fingerprint density at radius 3 is 1.77 bits per heavy atom. The van der Waals surface area contributed by atoms with Crippen LogP contribution < -0.4 is 22.5 Å². The zero-order chi connectivity index (χ0) is 25.8. The Balaban J connectivity index is 0.000000165. The van der Waals surface area contributed by atoms with E-state index in [-0.39, 0.29) is 47.2 Å². The molecule has 2 aromatic rings. The lowest BCUT2D eigenvalue weighted by Gasteiger charge is -2.18. The van der Waals surface area contributed by atoms with E-state index < -0.39 is 17.2 Å². The number of ether oxygens (including phenoxy) is 3. The lowest BCUT2D eigenvalue weighted by Crippen LogP contribution is -2.35. The van der Waals surface area contributed by atoms with Crippen molar-refractivity contribution in [3.8, 4) is 0 Å². The Bertz CT molecular complexity index is 1380. The smallest absolute Gasteiger partial charge is 0.331 e. The normalized spacial score (nSPS) is 33.4. The fourth-order valence-electron chi connectivity index (χ4n) is 4.55. The standard InChI is InChI=1S/C12H16N2O4.C12H16N2O3/c1-6-4-14(11(16)13-9(6)15)10-7(2)8(3)12(18-10)5-17-12;1-6-5-14(12(16)13-10(6)15)11-8(3)7(2)9(4)17-11/h4,7-8,10H,5H2,1-3H3,(H,13,15,16);5,7-8,11H,4H2,1-3H3,(H,13,15,16). The number of hydrogen-bond acceptors (Lipinski definition) is 7. The Morgan fingerprint density at radius 2 is 1.37 bits per heavy atom. The Labute approximate surface area is 201 Å². The van der Waals surface area contributed by atoms with Crippen LogP contribution in [-0.4, -0.2) is 31.5 Å². The van der Waals surface area contributed by atoms with Crippen LogP contribution in [0, 0.1) is 37.5 Å². The lowest BCUT2D eigenvalue weighted by atomic mass is 9.93. The van der Waals surface area contributed by atoms with Crippen LogP contribution in [0.15, 0.2) is 43.9 Å². The van der Waals surface area contributed by atoms with Crippen LogP contribution in [0.1, 0.15) is 51.3 Å². The molecule has 2 aromatic heterocycles. The van der Waals surface area contributed by atoms with Crippen molar-refractivity contribution in [1.82, 2.24) is 19.1 Å². The van der Waals surface area contributed by atoms with Crippen molar-refractivity contribution >= 4 is 0 Å². The second-order valence-electron chi connectivity index (χ2n) is 9.84. The van der Waals surface area contributed by atoms with Gasteiger partial charge in [-0.2, -0.15) is 0 Å². The van der Waals surface area contributed by atoms with Crippen LogP contribution in [0.3, 0.4) is 0 Å². The summed E-state index contributed by atoms with van der Waals surface area (Å²) in [7, 11) is 0. The number of H-pyrrole nitrogens is 2. The second kappa shape index (κ2) is 8.80. The first-order valence-electron chi connectivity index (χ1n) is 11.7. The van der Waals surface area contributed by atoms with Crippen molar-refractivity contribution in [2.75, 3.05) is 6.61 Å². The van der Waals surface area contributed by atoms with Crippen LogP contribution in [0.4, 0.5) is 0 Å². The highest BCUT2D eigenvalue weighted by Crippen LogP contribution is 2.52. The average molecular weight is 489 g/mol. The van der Waals surface area contributed by atoms with E-state index in [0.29, 0.717) is 23.5 Å². The molecule has 3 aliphatic heterocycles. The van der Waals surface area contributed by atoms with Gasteiger partial charge in [-0.15, -0.1) is 0 Å². The number of nitrogens with zero attached hydrogens (tertiary/aromatic N) is 2. The first-order chi connectivity index (χ1) is 16.4. The van der Waals surface area contributed by atoms with Crippen LogP contribution in [0.2, 0.25) is 0 Å². The predicted octanol–water partition coefficient (Wildman–Crippen LogP) is 1.53. The number of hydrogen-bond donors (Lipinski definition) is 2. The molecule has 0 aliphatic carbocycles. The second-order valence-corrected chi connectivity index (χ2v) is 9.84. The van der Waals surface area contributed by atoms with Gasteiger partial charge in [0.05, 0.1) is 5.76 Å². The molecule has 3 fully saturated rings. The first kappa shape index (κ1) is 24.9. The third kappa shape index (κ3) is 4.34. The molecule has 5 heterocycles. The molecule has 1 spiro atoms. The molecule has 3 aliphatic rings. The number of aromatic amines is 2. The highest BCUT2D eigenvalue weighted by molar-refractivity contribution is 5.06. The summed E-state index contributed by atoms with van der Waals surface area (Å²) in [6.07, 6.45) is 2.32. The molecular formula is C24H32N4O7. The van der Waals surface area contributed by atoms with Gasteiger partial charge in [0.15, 0.2) is 12.0 Å². The fraction of sp³-hybridized carbons (Fsp3) is 0.583. The summed E-state index contributed by atoms with van der Waals surface area (Å²) in [5, 5.41) is 0. The van der Waals surface area contributed by atoms with E-state index in [1.54, 1.807) is 20.0 Å². The van der Waals surface area contributed by atoms with Crippen molar-refractivity contribution < 1.29 is 14.2 Å². The molecule has 3 saturated heterocycles. The molecule has 7 atom stereocenters. The third-order valence-corrected chi connectivity index (χ3v) is 7.54. The minimum absolute atomic E-state index is 0.144. The van der Waals surface area contributed by atoms with E-state index in [1.165, 1.54) is 15.3 Å². The van der Waals surface area contributed by atoms with E-state index >= 15 is 0 Å². The molecule has 7 unspecified atom stereocenters. The van der Waals surface area contributed by atoms with Gasteiger partial charge in [0.25, 0.3) is 11.1 Å². The molecule has 5 rings (SSSR count). The summed E-state index contributed by atoms with van der Waals surface area (Å²) in [5.74, 6) is 0.869. The summed E-state index contributed by atoms with van der Waals surface area (Å²) in [6.45, 7) is 15.8. The number of rotatable bonds is 2. The SMILES string of the molecule is C=C1OC(n2cc(C)c(=O)[nH]c2=O)C(C)C1C.Cc1cn(C2OC3(CO3)C(C)C2C)c(=O)[nH]c1=O. The number of aromatic nitrogens is 4. The Hall–Kier alpha value is -3.18. The fourth-order valence-corrected chi connectivity index (χ4v) is 4.55. The molecule has 11 nitrogen and oxygen atoms in total. The van der Waals surface area contributed by atoms with Gasteiger partial charge in [-0.3, -0.25) is 28.7 Å². The summed E-state index contributed by atoms with van der Waals surface area (Å²) < 4.78 is 19.7. The molecule has 2 N–H and O–H groups in total. The van der Waals surface area contributed by atoms with Gasteiger partial charge >= 0.3 is 11.4 Å². The maximum Gasteiger partial charge on any atom is 0.331 e. The summed E-state index contributed by atoms with van der Waals surface area (Å²) in [5.41, 5.74) is -0.607. The topological polar surface area (TPSA) is 141 Å². The molecule has 35 heavy (non-hydrogen) atoms. The number of nitrogens with one attached hydrogen (secondary N) is 2. The van der Waals surface area contributed by atoms with Crippen LogP contribution in [0.5, 0.6) is 0 Å². The van der Waals surface area contributed by atoms with Crippen molar-refractivity contribution in [1.29, 1.82) is 0 Å². The van der Waals surface area contributed by atoms with Gasteiger partial charge in [-0.1, -0.05) is 34.3 Å². The number of aryl methyl sites for hydroxylation is 2. The van der Waals surface area contributed by atoms with Crippen LogP contribution in [0.25, 0.3) is 0 Å². The van der Waals surface area contributed by atoms with Gasteiger partial charge in [0.1, 0.15) is 12.8 Å². The van der Waals surface area contributed by atoms with Gasteiger partial charge in [0.2, 0.25) is 0 Å². The molecule has 11 heteroatoms. The molecule has 0 amide bonds. The van der Waals surface area contributed by atoms with E-state index in [0.717, 1.165) is 0 Å². The lowest BCUT2D eigenvalue weighted by molar-refractivity contribution is -0.0836. The van der Waals surface area contributed by atoms with Crippen molar-refractivity contribution in [2.45, 2.75) is 59.8 Å². The predicted molar refractivity (Wildman–Crippen MR) is 127 cm³/mol. The molecule has 0 aromatic carbocycles. The van der Waals surface area contributed by atoms with Crippen molar-refractivity contribution in [3.63, 3.8) is 0 Å². The summed E-state index contributed by atoms with van der Waals surface area (Å²) >= 11 is 0. The van der Waals surface area contributed by atoms with E-state index in [2.05, 4.69) is 23.5 Å². The first-order valence-corrected chi connectivity index (χ1v) is 11.7. The number of allylic oxidation sites excluding steroid dienone is 1. The van der Waals surface area contributed by atoms with E-state index in [9.17, 15) is 19.2 Å². The maximum absolute atomic E-state index is 11.8. The Kier molecular flexibility index (Phi) is 6.26. The monoisotopic (exact) mass is 488 g/mol. The molecule has 0 radical (unpaired) electrons. The highest BCUT2D eigenvalue weighted by Gasteiger charge is 2.61.